The Labute approximate surface area is 57.8 Å². The van der Waals surface area contributed by atoms with E-state index in [1.165, 1.54) is 32.4 Å². The van der Waals surface area contributed by atoms with Gasteiger partial charge in [-0.1, -0.05) is 13.3 Å². The fraction of sp³-hybridized carbons (Fsp3) is 0.875. The molecule has 1 heteroatoms. The van der Waals surface area contributed by atoms with Gasteiger partial charge in [-0.05, 0) is 38.3 Å². The third-order valence-corrected chi connectivity index (χ3v) is 1.89. The van der Waals surface area contributed by atoms with Gasteiger partial charge in [-0.25, -0.2) is 0 Å². The van der Waals surface area contributed by atoms with Crippen molar-refractivity contribution in [2.75, 3.05) is 13.1 Å². The number of piperidine rings is 1. The van der Waals surface area contributed by atoms with Gasteiger partial charge in [0.15, 0.2) is 0 Å². The first-order valence-corrected chi connectivity index (χ1v) is 3.97. The molecule has 1 atom stereocenters. The van der Waals surface area contributed by atoms with Crippen LogP contribution in [0.15, 0.2) is 0 Å². The van der Waals surface area contributed by atoms with Crippen LogP contribution in [0.5, 0.6) is 0 Å². The molecule has 1 aliphatic heterocycles. The van der Waals surface area contributed by atoms with Gasteiger partial charge in [-0.3, -0.25) is 0 Å². The largest absolute Gasteiger partial charge is 0.316 e. The lowest BCUT2D eigenvalue weighted by Gasteiger charge is -2.21. The van der Waals surface area contributed by atoms with Crippen molar-refractivity contribution in [2.45, 2.75) is 26.2 Å². The van der Waals surface area contributed by atoms with E-state index >= 15 is 0 Å². The predicted molar refractivity (Wildman–Crippen MR) is 40.2 cm³/mol. The zero-order valence-corrected chi connectivity index (χ0v) is 6.19. The van der Waals surface area contributed by atoms with Crippen LogP contribution in [0.25, 0.3) is 0 Å². The fourth-order valence-corrected chi connectivity index (χ4v) is 1.38. The number of nitrogens with one attached hydrogen (secondary N) is 1. The Balaban J connectivity index is 2.08. The average molecular weight is 126 g/mol. The molecule has 0 aromatic carbocycles. The lowest BCUT2D eigenvalue weighted by molar-refractivity contribution is 0.436. The number of hydrogen-bond acceptors (Lipinski definition) is 1. The van der Waals surface area contributed by atoms with E-state index in [0.29, 0.717) is 0 Å². The van der Waals surface area contributed by atoms with Crippen LogP contribution in [0.1, 0.15) is 26.2 Å². The molecule has 0 aromatic heterocycles. The summed E-state index contributed by atoms with van der Waals surface area (Å²) in [4.78, 5) is 0. The summed E-state index contributed by atoms with van der Waals surface area (Å²) in [5.74, 6) is 0.865. The van der Waals surface area contributed by atoms with Gasteiger partial charge in [0.25, 0.3) is 0 Å². The van der Waals surface area contributed by atoms with Gasteiger partial charge in [-0.15, -0.1) is 0 Å². The SMILES string of the molecule is CCCC1[CH]CCNC1. The second-order valence-corrected chi connectivity index (χ2v) is 2.78. The third-order valence-electron chi connectivity index (χ3n) is 1.89. The third kappa shape index (κ3) is 2.35. The smallest absolute Gasteiger partial charge is 0.00178 e. The topological polar surface area (TPSA) is 12.0 Å². The molecule has 0 aliphatic carbocycles. The zero-order chi connectivity index (χ0) is 6.53. The second-order valence-electron chi connectivity index (χ2n) is 2.78. The Morgan fingerprint density at radius 1 is 1.67 bits per heavy atom. The highest BCUT2D eigenvalue weighted by molar-refractivity contribution is 4.82. The Morgan fingerprint density at radius 3 is 3.11 bits per heavy atom. The van der Waals surface area contributed by atoms with E-state index in [4.69, 9.17) is 0 Å². The van der Waals surface area contributed by atoms with Crippen LogP contribution in [0, 0.1) is 12.3 Å². The minimum Gasteiger partial charge on any atom is -0.316 e. The summed E-state index contributed by atoms with van der Waals surface area (Å²) in [5, 5.41) is 3.39. The van der Waals surface area contributed by atoms with Crippen molar-refractivity contribution in [1.82, 2.24) is 5.32 Å². The summed E-state index contributed by atoms with van der Waals surface area (Å²) in [6.45, 7) is 4.66. The molecule has 0 spiro atoms. The molecule has 9 heavy (non-hydrogen) atoms. The molecule has 1 unspecified atom stereocenters. The summed E-state index contributed by atoms with van der Waals surface area (Å²) in [6, 6.07) is 0. The maximum absolute atomic E-state index is 3.39. The van der Waals surface area contributed by atoms with Crippen LogP contribution < -0.4 is 5.32 Å². The highest BCUT2D eigenvalue weighted by Crippen LogP contribution is 2.13. The standard InChI is InChI=1S/C8H16N/c1-2-4-8-5-3-6-9-7-8/h5,8-9H,2-4,6-7H2,1H3. The maximum atomic E-state index is 3.39. The zero-order valence-electron chi connectivity index (χ0n) is 6.19. The van der Waals surface area contributed by atoms with Crippen molar-refractivity contribution < 1.29 is 0 Å². The molecular formula is C8H16N. The van der Waals surface area contributed by atoms with Crippen LogP contribution in [-0.2, 0) is 0 Å². The van der Waals surface area contributed by atoms with Crippen molar-refractivity contribution in [3.63, 3.8) is 0 Å². The van der Waals surface area contributed by atoms with Gasteiger partial charge in [0.05, 0.1) is 0 Å². The minimum atomic E-state index is 0.865. The van der Waals surface area contributed by atoms with Crippen molar-refractivity contribution in [3.8, 4) is 0 Å². The first-order chi connectivity index (χ1) is 4.43. The van der Waals surface area contributed by atoms with Crippen LogP contribution in [-0.4, -0.2) is 13.1 Å². The summed E-state index contributed by atoms with van der Waals surface area (Å²) in [7, 11) is 0. The second kappa shape index (κ2) is 3.89. The Bertz CT molecular complexity index is 62.2. The molecule has 1 heterocycles. The molecule has 1 nitrogen and oxygen atoms in total. The van der Waals surface area contributed by atoms with E-state index in [2.05, 4.69) is 18.7 Å². The average Bonchev–Trinajstić information content (AvgIpc) is 1.91. The molecule has 1 saturated heterocycles. The molecule has 0 aromatic rings. The minimum absolute atomic E-state index is 0.865. The highest BCUT2D eigenvalue weighted by Gasteiger charge is 2.10. The van der Waals surface area contributed by atoms with E-state index in [1.54, 1.807) is 0 Å². The molecule has 0 saturated carbocycles. The van der Waals surface area contributed by atoms with E-state index in [0.717, 1.165) is 5.92 Å². The molecular weight excluding hydrogens is 110 g/mol. The van der Waals surface area contributed by atoms with Crippen LogP contribution in [0.3, 0.4) is 0 Å². The van der Waals surface area contributed by atoms with Gasteiger partial charge >= 0.3 is 0 Å². The molecule has 53 valence electrons. The highest BCUT2D eigenvalue weighted by atomic mass is 14.9. The van der Waals surface area contributed by atoms with Crippen LogP contribution in [0.2, 0.25) is 0 Å². The molecule has 1 radical (unpaired) electrons. The van der Waals surface area contributed by atoms with Crippen molar-refractivity contribution >= 4 is 0 Å². The predicted octanol–water partition coefficient (Wildman–Crippen LogP) is 1.60. The van der Waals surface area contributed by atoms with Crippen LogP contribution >= 0.6 is 0 Å². The molecule has 0 bridgehead atoms. The quantitative estimate of drug-likeness (QED) is 0.592. The molecule has 1 rings (SSSR count). The summed E-state index contributed by atoms with van der Waals surface area (Å²) >= 11 is 0. The Morgan fingerprint density at radius 2 is 2.56 bits per heavy atom. The van der Waals surface area contributed by atoms with Gasteiger partial charge < -0.3 is 5.32 Å². The van der Waals surface area contributed by atoms with E-state index < -0.39 is 0 Å². The first kappa shape index (κ1) is 7.07. The lowest BCUT2D eigenvalue weighted by Crippen LogP contribution is -2.29. The molecule has 0 amide bonds. The van der Waals surface area contributed by atoms with E-state index in [-0.39, 0.29) is 0 Å². The van der Waals surface area contributed by atoms with Gasteiger partial charge in [0, 0.05) is 0 Å². The Hall–Kier alpha value is -0.0400. The molecule has 1 aliphatic rings. The Kier molecular flexibility index (Phi) is 3.05. The van der Waals surface area contributed by atoms with Crippen molar-refractivity contribution in [3.05, 3.63) is 6.42 Å². The van der Waals surface area contributed by atoms with Gasteiger partial charge in [0.2, 0.25) is 0 Å². The summed E-state index contributed by atoms with van der Waals surface area (Å²) in [6.07, 6.45) is 6.42. The summed E-state index contributed by atoms with van der Waals surface area (Å²) in [5.41, 5.74) is 0. The summed E-state index contributed by atoms with van der Waals surface area (Å²) < 4.78 is 0. The lowest BCUT2D eigenvalue weighted by atomic mass is 9.95. The first-order valence-electron chi connectivity index (χ1n) is 3.97. The van der Waals surface area contributed by atoms with Crippen LogP contribution in [0.4, 0.5) is 0 Å². The van der Waals surface area contributed by atoms with E-state index in [1.807, 2.05) is 0 Å². The van der Waals surface area contributed by atoms with E-state index in [9.17, 15) is 0 Å². The fourth-order valence-electron chi connectivity index (χ4n) is 1.38. The number of rotatable bonds is 2. The van der Waals surface area contributed by atoms with Gasteiger partial charge in [-0.2, -0.15) is 0 Å². The van der Waals surface area contributed by atoms with Crippen molar-refractivity contribution in [1.29, 1.82) is 0 Å². The molecule has 1 N–H and O–H groups in total. The normalized spacial score (nSPS) is 28.3. The number of hydrogen-bond donors (Lipinski definition) is 1. The molecule has 1 fully saturated rings. The maximum Gasteiger partial charge on any atom is -0.00178 e. The van der Waals surface area contributed by atoms with Crippen molar-refractivity contribution in [2.24, 2.45) is 5.92 Å². The monoisotopic (exact) mass is 126 g/mol. The van der Waals surface area contributed by atoms with Gasteiger partial charge in [0.1, 0.15) is 0 Å².